The molecule has 0 saturated carbocycles. The third-order valence-corrected chi connectivity index (χ3v) is 3.26. The van der Waals surface area contributed by atoms with Crippen molar-refractivity contribution in [1.82, 2.24) is 9.97 Å². The summed E-state index contributed by atoms with van der Waals surface area (Å²) in [6.07, 6.45) is 3.46. The van der Waals surface area contributed by atoms with Crippen molar-refractivity contribution in [2.75, 3.05) is 0 Å². The van der Waals surface area contributed by atoms with Gasteiger partial charge in [0.05, 0.1) is 12.0 Å². The highest BCUT2D eigenvalue weighted by Crippen LogP contribution is 2.26. The molecule has 0 unspecified atom stereocenters. The minimum absolute atomic E-state index is 0.221. The zero-order valence-electron chi connectivity index (χ0n) is 10.5. The number of aryl methyl sites for hydroxylation is 1. The first-order valence-electron chi connectivity index (χ1n) is 5.96. The second-order valence-electron chi connectivity index (χ2n) is 4.27. The molecule has 0 radical (unpaired) electrons. The van der Waals surface area contributed by atoms with Crippen LogP contribution in [-0.2, 0) is 6.42 Å². The van der Waals surface area contributed by atoms with Gasteiger partial charge in [-0.3, -0.25) is 0 Å². The highest BCUT2D eigenvalue weighted by Gasteiger charge is 2.10. The van der Waals surface area contributed by atoms with Crippen LogP contribution in [0.3, 0.4) is 0 Å². The second-order valence-corrected chi connectivity index (χ2v) is 4.66. The van der Waals surface area contributed by atoms with E-state index in [-0.39, 0.29) is 5.82 Å². The number of nitrogens with zero attached hydrogens (tertiary/aromatic N) is 1. The lowest BCUT2D eigenvalue weighted by molar-refractivity contribution is 0.627. The molecule has 2 nitrogen and oxygen atoms in total. The lowest BCUT2D eigenvalue weighted by atomic mass is 10.00. The van der Waals surface area contributed by atoms with E-state index < -0.39 is 0 Å². The van der Waals surface area contributed by atoms with Crippen LogP contribution in [-0.4, -0.2) is 9.97 Å². The largest absolute Gasteiger partial charge is 0.346 e. The fraction of sp³-hybridized carbons (Fsp3) is 0.286. The van der Waals surface area contributed by atoms with Gasteiger partial charge in [-0.25, -0.2) is 9.37 Å². The Balaban J connectivity index is 2.63. The number of halogens is 1. The maximum atomic E-state index is 13.1. The standard InChI is InChI=1S/C14H15FN2S/c1-3-4-12-13(16-8-17-14(12)18)11-6-5-10(15)7-9(11)2/h5-8H,3-4H2,1-2H3,(H,16,17,18). The Bertz CT molecular complexity index is 619. The fourth-order valence-electron chi connectivity index (χ4n) is 2.06. The monoisotopic (exact) mass is 262 g/mol. The van der Waals surface area contributed by atoms with Gasteiger partial charge in [0.2, 0.25) is 0 Å². The van der Waals surface area contributed by atoms with Crippen LogP contribution in [0.5, 0.6) is 0 Å². The molecule has 1 N–H and O–H groups in total. The van der Waals surface area contributed by atoms with Gasteiger partial charge in [-0.05, 0) is 37.1 Å². The molecule has 0 aliphatic heterocycles. The molecular formula is C14H15FN2S. The van der Waals surface area contributed by atoms with Crippen molar-refractivity contribution >= 4 is 12.2 Å². The molecule has 18 heavy (non-hydrogen) atoms. The maximum Gasteiger partial charge on any atom is 0.133 e. The van der Waals surface area contributed by atoms with Gasteiger partial charge in [0.15, 0.2) is 0 Å². The highest BCUT2D eigenvalue weighted by molar-refractivity contribution is 7.71. The highest BCUT2D eigenvalue weighted by atomic mass is 32.1. The van der Waals surface area contributed by atoms with Crippen LogP contribution in [0.4, 0.5) is 4.39 Å². The number of hydrogen-bond acceptors (Lipinski definition) is 2. The van der Waals surface area contributed by atoms with Crippen molar-refractivity contribution in [2.45, 2.75) is 26.7 Å². The number of H-pyrrole nitrogens is 1. The Labute approximate surface area is 111 Å². The molecule has 2 aromatic rings. The molecule has 4 heteroatoms. The first kappa shape index (κ1) is 12.9. The zero-order chi connectivity index (χ0) is 13.1. The van der Waals surface area contributed by atoms with Gasteiger partial charge in [-0.1, -0.05) is 25.6 Å². The Morgan fingerprint density at radius 2 is 2.17 bits per heavy atom. The van der Waals surface area contributed by atoms with E-state index in [0.29, 0.717) is 4.64 Å². The molecule has 0 atom stereocenters. The minimum atomic E-state index is -0.221. The van der Waals surface area contributed by atoms with E-state index in [0.717, 1.165) is 35.2 Å². The number of hydrogen-bond donors (Lipinski definition) is 1. The van der Waals surface area contributed by atoms with Crippen LogP contribution in [0.25, 0.3) is 11.3 Å². The molecule has 0 spiro atoms. The van der Waals surface area contributed by atoms with Gasteiger partial charge in [0, 0.05) is 11.1 Å². The molecule has 0 aliphatic rings. The van der Waals surface area contributed by atoms with Gasteiger partial charge in [0.25, 0.3) is 0 Å². The van der Waals surface area contributed by atoms with Crippen LogP contribution in [0.1, 0.15) is 24.5 Å². The Hall–Kier alpha value is -1.55. The van der Waals surface area contributed by atoms with E-state index >= 15 is 0 Å². The van der Waals surface area contributed by atoms with Gasteiger partial charge in [-0.15, -0.1) is 0 Å². The lowest BCUT2D eigenvalue weighted by Gasteiger charge is -2.11. The number of aromatic amines is 1. The average Bonchev–Trinajstić information content (AvgIpc) is 2.32. The van der Waals surface area contributed by atoms with Crippen LogP contribution >= 0.6 is 12.2 Å². The first-order chi connectivity index (χ1) is 8.63. The molecule has 1 heterocycles. The predicted octanol–water partition coefficient (Wildman–Crippen LogP) is 4.21. The molecule has 94 valence electrons. The summed E-state index contributed by atoms with van der Waals surface area (Å²) in [5.41, 5.74) is 3.86. The van der Waals surface area contributed by atoms with Crippen LogP contribution in [0.2, 0.25) is 0 Å². The van der Waals surface area contributed by atoms with Crippen LogP contribution in [0.15, 0.2) is 24.5 Å². The zero-order valence-corrected chi connectivity index (χ0v) is 11.3. The van der Waals surface area contributed by atoms with E-state index in [1.54, 1.807) is 12.4 Å². The van der Waals surface area contributed by atoms with Gasteiger partial charge >= 0.3 is 0 Å². The maximum absolute atomic E-state index is 13.1. The number of rotatable bonds is 3. The van der Waals surface area contributed by atoms with Crippen molar-refractivity contribution in [3.63, 3.8) is 0 Å². The molecule has 0 bridgehead atoms. The Kier molecular flexibility index (Phi) is 3.87. The smallest absolute Gasteiger partial charge is 0.133 e. The van der Waals surface area contributed by atoms with Crippen molar-refractivity contribution in [2.24, 2.45) is 0 Å². The number of benzene rings is 1. The molecule has 2 rings (SSSR count). The minimum Gasteiger partial charge on any atom is -0.346 e. The van der Waals surface area contributed by atoms with Crippen molar-refractivity contribution in [1.29, 1.82) is 0 Å². The van der Waals surface area contributed by atoms with Gasteiger partial charge in [0.1, 0.15) is 10.5 Å². The van der Waals surface area contributed by atoms with Crippen molar-refractivity contribution in [3.05, 3.63) is 46.1 Å². The van der Waals surface area contributed by atoms with E-state index in [1.807, 2.05) is 6.92 Å². The molecule has 1 aromatic carbocycles. The Morgan fingerprint density at radius 1 is 1.39 bits per heavy atom. The summed E-state index contributed by atoms with van der Waals surface area (Å²) in [7, 11) is 0. The number of nitrogens with one attached hydrogen (secondary N) is 1. The quantitative estimate of drug-likeness (QED) is 0.839. The third-order valence-electron chi connectivity index (χ3n) is 2.91. The van der Waals surface area contributed by atoms with Gasteiger partial charge < -0.3 is 4.98 Å². The lowest BCUT2D eigenvalue weighted by Crippen LogP contribution is -1.98. The third kappa shape index (κ3) is 2.48. The molecule has 0 saturated heterocycles. The van der Waals surface area contributed by atoms with Crippen LogP contribution < -0.4 is 0 Å². The summed E-state index contributed by atoms with van der Waals surface area (Å²) in [5, 5.41) is 0. The summed E-state index contributed by atoms with van der Waals surface area (Å²) >= 11 is 5.27. The molecule has 0 amide bonds. The summed E-state index contributed by atoms with van der Waals surface area (Å²) in [5.74, 6) is -0.221. The summed E-state index contributed by atoms with van der Waals surface area (Å²) < 4.78 is 13.8. The van der Waals surface area contributed by atoms with E-state index in [1.165, 1.54) is 12.1 Å². The molecule has 0 fully saturated rings. The summed E-state index contributed by atoms with van der Waals surface area (Å²) in [6, 6.07) is 4.78. The summed E-state index contributed by atoms with van der Waals surface area (Å²) in [6.45, 7) is 3.99. The SMILES string of the molecule is CCCc1c(-c2ccc(F)cc2C)[nH]cnc1=S. The van der Waals surface area contributed by atoms with Crippen LogP contribution in [0, 0.1) is 17.4 Å². The molecule has 1 aromatic heterocycles. The van der Waals surface area contributed by atoms with Gasteiger partial charge in [-0.2, -0.15) is 0 Å². The van der Waals surface area contributed by atoms with E-state index in [2.05, 4.69) is 16.9 Å². The normalized spacial score (nSPS) is 10.6. The molecular weight excluding hydrogens is 247 g/mol. The van der Waals surface area contributed by atoms with E-state index in [9.17, 15) is 4.39 Å². The molecule has 0 aliphatic carbocycles. The Morgan fingerprint density at radius 3 is 2.83 bits per heavy atom. The number of aromatic nitrogens is 2. The van der Waals surface area contributed by atoms with E-state index in [4.69, 9.17) is 12.2 Å². The van der Waals surface area contributed by atoms with Crippen molar-refractivity contribution in [3.8, 4) is 11.3 Å². The average molecular weight is 262 g/mol. The summed E-state index contributed by atoms with van der Waals surface area (Å²) in [4.78, 5) is 7.26. The fourth-order valence-corrected chi connectivity index (χ4v) is 2.31. The predicted molar refractivity (Wildman–Crippen MR) is 73.5 cm³/mol. The van der Waals surface area contributed by atoms with Crippen molar-refractivity contribution < 1.29 is 4.39 Å². The first-order valence-corrected chi connectivity index (χ1v) is 6.37. The second kappa shape index (κ2) is 5.40. The topological polar surface area (TPSA) is 28.7 Å².